The Labute approximate surface area is 115 Å². The van der Waals surface area contributed by atoms with E-state index < -0.39 is 0 Å². The second kappa shape index (κ2) is 7.14. The number of carbonyl (C=O) groups excluding carboxylic acids is 1. The van der Waals surface area contributed by atoms with Crippen LogP contribution in [-0.4, -0.2) is 25.7 Å². The molecule has 1 atom stereocenters. The summed E-state index contributed by atoms with van der Waals surface area (Å²) in [6.45, 7) is 4.99. The SMILES string of the molecule is Cc1ccc(NC(=O)NCCC2CCCNC2)cc1. The highest BCUT2D eigenvalue weighted by Gasteiger charge is 2.12. The molecular weight excluding hydrogens is 238 g/mol. The number of rotatable bonds is 4. The van der Waals surface area contributed by atoms with Crippen LogP contribution < -0.4 is 16.0 Å². The quantitative estimate of drug-likeness (QED) is 0.780. The molecule has 0 aromatic heterocycles. The number of benzene rings is 1. The summed E-state index contributed by atoms with van der Waals surface area (Å²) in [5, 5.41) is 9.15. The maximum absolute atomic E-state index is 11.7. The monoisotopic (exact) mass is 261 g/mol. The zero-order valence-corrected chi connectivity index (χ0v) is 11.5. The van der Waals surface area contributed by atoms with E-state index >= 15 is 0 Å². The van der Waals surface area contributed by atoms with Gasteiger partial charge in [0.1, 0.15) is 0 Å². The zero-order chi connectivity index (χ0) is 13.5. The second-order valence-corrected chi connectivity index (χ2v) is 5.25. The van der Waals surface area contributed by atoms with Gasteiger partial charge in [-0.15, -0.1) is 0 Å². The van der Waals surface area contributed by atoms with Crippen LogP contribution in [0.2, 0.25) is 0 Å². The minimum Gasteiger partial charge on any atom is -0.338 e. The van der Waals surface area contributed by atoms with Crippen LogP contribution >= 0.6 is 0 Å². The fourth-order valence-electron chi connectivity index (χ4n) is 2.37. The lowest BCUT2D eigenvalue weighted by Gasteiger charge is -2.22. The van der Waals surface area contributed by atoms with Gasteiger partial charge in [0.2, 0.25) is 0 Å². The molecule has 0 aliphatic carbocycles. The summed E-state index contributed by atoms with van der Waals surface area (Å²) < 4.78 is 0. The van der Waals surface area contributed by atoms with Gasteiger partial charge >= 0.3 is 6.03 Å². The number of amides is 2. The number of piperidine rings is 1. The molecule has 2 amide bonds. The Kier molecular flexibility index (Phi) is 5.21. The highest BCUT2D eigenvalue weighted by molar-refractivity contribution is 5.89. The van der Waals surface area contributed by atoms with Crippen LogP contribution in [0.1, 0.15) is 24.8 Å². The minimum atomic E-state index is -0.118. The molecule has 1 aliphatic rings. The lowest BCUT2D eigenvalue weighted by atomic mass is 9.96. The molecule has 1 heterocycles. The number of nitrogens with one attached hydrogen (secondary N) is 3. The highest BCUT2D eigenvalue weighted by Crippen LogP contribution is 2.13. The molecule has 0 bridgehead atoms. The number of hydrogen-bond donors (Lipinski definition) is 3. The average molecular weight is 261 g/mol. The Morgan fingerprint density at radius 2 is 2.16 bits per heavy atom. The molecule has 19 heavy (non-hydrogen) atoms. The molecule has 4 nitrogen and oxygen atoms in total. The van der Waals surface area contributed by atoms with Crippen LogP contribution in [0.15, 0.2) is 24.3 Å². The number of urea groups is 1. The smallest absolute Gasteiger partial charge is 0.319 e. The van der Waals surface area contributed by atoms with E-state index in [1.165, 1.54) is 18.4 Å². The van der Waals surface area contributed by atoms with Crippen molar-refractivity contribution in [2.45, 2.75) is 26.2 Å². The Morgan fingerprint density at radius 1 is 1.37 bits per heavy atom. The standard InChI is InChI=1S/C15H23N3O/c1-12-4-6-14(7-5-12)18-15(19)17-10-8-13-3-2-9-16-11-13/h4-7,13,16H,2-3,8-11H2,1H3,(H2,17,18,19). The van der Waals surface area contributed by atoms with Gasteiger partial charge in [-0.2, -0.15) is 0 Å². The molecule has 0 saturated carbocycles. The maximum atomic E-state index is 11.7. The van der Waals surface area contributed by atoms with E-state index in [1.54, 1.807) is 0 Å². The van der Waals surface area contributed by atoms with Crippen LogP contribution in [0.5, 0.6) is 0 Å². The predicted molar refractivity (Wildman–Crippen MR) is 78.4 cm³/mol. The molecule has 104 valence electrons. The first-order valence-corrected chi connectivity index (χ1v) is 7.06. The molecule has 1 unspecified atom stereocenters. The van der Waals surface area contributed by atoms with Gasteiger partial charge in [0.15, 0.2) is 0 Å². The van der Waals surface area contributed by atoms with Gasteiger partial charge in [0.25, 0.3) is 0 Å². The van der Waals surface area contributed by atoms with E-state index in [4.69, 9.17) is 0 Å². The van der Waals surface area contributed by atoms with E-state index in [-0.39, 0.29) is 6.03 Å². The van der Waals surface area contributed by atoms with Crippen molar-refractivity contribution in [1.82, 2.24) is 10.6 Å². The van der Waals surface area contributed by atoms with Crippen molar-refractivity contribution in [1.29, 1.82) is 0 Å². The molecule has 1 saturated heterocycles. The Bertz CT molecular complexity index is 396. The summed E-state index contributed by atoms with van der Waals surface area (Å²) in [5.41, 5.74) is 2.03. The lowest BCUT2D eigenvalue weighted by molar-refractivity contribution is 0.250. The van der Waals surface area contributed by atoms with Gasteiger partial charge < -0.3 is 16.0 Å². The number of anilines is 1. The summed E-state index contributed by atoms with van der Waals surface area (Å²) in [5.74, 6) is 0.702. The molecule has 0 radical (unpaired) electrons. The maximum Gasteiger partial charge on any atom is 0.319 e. The van der Waals surface area contributed by atoms with Crippen molar-refractivity contribution in [2.75, 3.05) is 25.0 Å². The van der Waals surface area contributed by atoms with Gasteiger partial charge in [-0.1, -0.05) is 17.7 Å². The van der Waals surface area contributed by atoms with Crippen LogP contribution in [0.3, 0.4) is 0 Å². The average Bonchev–Trinajstić information content (AvgIpc) is 2.43. The molecule has 1 aromatic carbocycles. The Morgan fingerprint density at radius 3 is 2.84 bits per heavy atom. The van der Waals surface area contributed by atoms with Crippen molar-refractivity contribution in [3.05, 3.63) is 29.8 Å². The largest absolute Gasteiger partial charge is 0.338 e. The number of aryl methyl sites for hydroxylation is 1. The molecule has 1 fully saturated rings. The van der Waals surface area contributed by atoms with Crippen molar-refractivity contribution >= 4 is 11.7 Å². The van der Waals surface area contributed by atoms with Crippen LogP contribution in [0.25, 0.3) is 0 Å². The summed E-state index contributed by atoms with van der Waals surface area (Å²) >= 11 is 0. The van der Waals surface area contributed by atoms with Crippen molar-refractivity contribution in [2.24, 2.45) is 5.92 Å². The minimum absolute atomic E-state index is 0.118. The molecular formula is C15H23N3O. The molecule has 3 N–H and O–H groups in total. The summed E-state index contributed by atoms with van der Waals surface area (Å²) in [6.07, 6.45) is 3.57. The van der Waals surface area contributed by atoms with Gasteiger partial charge in [0.05, 0.1) is 0 Å². The van der Waals surface area contributed by atoms with Crippen molar-refractivity contribution < 1.29 is 4.79 Å². The third-order valence-electron chi connectivity index (χ3n) is 3.55. The van der Waals surface area contributed by atoms with Crippen LogP contribution in [-0.2, 0) is 0 Å². The predicted octanol–water partition coefficient (Wildman–Crippen LogP) is 2.51. The van der Waals surface area contributed by atoms with E-state index in [0.29, 0.717) is 5.92 Å². The van der Waals surface area contributed by atoms with E-state index in [2.05, 4.69) is 16.0 Å². The lowest BCUT2D eigenvalue weighted by Crippen LogP contribution is -2.34. The van der Waals surface area contributed by atoms with Crippen molar-refractivity contribution in [3.63, 3.8) is 0 Å². The third-order valence-corrected chi connectivity index (χ3v) is 3.55. The molecule has 1 aliphatic heterocycles. The first kappa shape index (κ1) is 13.9. The molecule has 4 heteroatoms. The zero-order valence-electron chi connectivity index (χ0n) is 11.5. The third kappa shape index (κ3) is 4.91. The second-order valence-electron chi connectivity index (χ2n) is 5.25. The van der Waals surface area contributed by atoms with E-state index in [0.717, 1.165) is 31.7 Å². The van der Waals surface area contributed by atoms with Crippen LogP contribution in [0.4, 0.5) is 10.5 Å². The first-order valence-electron chi connectivity index (χ1n) is 7.06. The van der Waals surface area contributed by atoms with Gasteiger partial charge in [-0.3, -0.25) is 0 Å². The van der Waals surface area contributed by atoms with Gasteiger partial charge in [-0.25, -0.2) is 4.79 Å². The fourth-order valence-corrected chi connectivity index (χ4v) is 2.37. The van der Waals surface area contributed by atoms with Gasteiger partial charge in [-0.05, 0) is 57.3 Å². The fraction of sp³-hybridized carbons (Fsp3) is 0.533. The molecule has 2 rings (SSSR count). The normalized spacial score (nSPS) is 18.9. The topological polar surface area (TPSA) is 53.2 Å². The summed E-state index contributed by atoms with van der Waals surface area (Å²) in [7, 11) is 0. The molecule has 0 spiro atoms. The Balaban J connectivity index is 1.65. The van der Waals surface area contributed by atoms with E-state index in [9.17, 15) is 4.79 Å². The van der Waals surface area contributed by atoms with E-state index in [1.807, 2.05) is 31.2 Å². The first-order chi connectivity index (χ1) is 9.24. The number of hydrogen-bond acceptors (Lipinski definition) is 2. The number of carbonyl (C=O) groups is 1. The summed E-state index contributed by atoms with van der Waals surface area (Å²) in [4.78, 5) is 11.7. The summed E-state index contributed by atoms with van der Waals surface area (Å²) in [6, 6.07) is 7.69. The molecule has 1 aromatic rings. The van der Waals surface area contributed by atoms with Crippen molar-refractivity contribution in [3.8, 4) is 0 Å². The van der Waals surface area contributed by atoms with Gasteiger partial charge in [0, 0.05) is 12.2 Å². The van der Waals surface area contributed by atoms with Crippen LogP contribution in [0, 0.1) is 12.8 Å². The highest BCUT2D eigenvalue weighted by atomic mass is 16.2. The Hall–Kier alpha value is -1.55.